The predicted octanol–water partition coefficient (Wildman–Crippen LogP) is 3.11. The van der Waals surface area contributed by atoms with E-state index in [1.807, 2.05) is 6.20 Å². The summed E-state index contributed by atoms with van der Waals surface area (Å²) < 4.78 is 5.74. The van der Waals surface area contributed by atoms with Gasteiger partial charge in [0, 0.05) is 30.6 Å². The number of aromatic nitrogens is 2. The van der Waals surface area contributed by atoms with Crippen LogP contribution in [-0.4, -0.2) is 17.1 Å². The number of rotatable bonds is 4. The molecule has 1 aromatic heterocycles. The normalized spacial score (nSPS) is 21.6. The number of nitrogens with zero attached hydrogens (tertiary/aromatic N) is 2. The number of hydrogen-bond donors (Lipinski definition) is 1. The molecule has 112 valence electrons. The van der Waals surface area contributed by atoms with E-state index in [1.165, 1.54) is 0 Å². The first-order valence-corrected chi connectivity index (χ1v) is 7.54. The lowest BCUT2D eigenvalue weighted by Gasteiger charge is -2.36. The van der Waals surface area contributed by atoms with E-state index in [1.54, 1.807) is 7.11 Å². The van der Waals surface area contributed by atoms with Crippen molar-refractivity contribution in [2.75, 3.05) is 7.11 Å². The van der Waals surface area contributed by atoms with E-state index in [-0.39, 0.29) is 17.1 Å². The molecule has 0 spiro atoms. The van der Waals surface area contributed by atoms with E-state index in [4.69, 9.17) is 15.5 Å². The average molecular weight is 277 g/mol. The molecule has 0 fully saturated rings. The summed E-state index contributed by atoms with van der Waals surface area (Å²) in [6.45, 7) is 8.73. The van der Waals surface area contributed by atoms with Crippen LogP contribution in [0.15, 0.2) is 6.20 Å². The second-order valence-corrected chi connectivity index (χ2v) is 6.65. The Morgan fingerprint density at radius 3 is 2.60 bits per heavy atom. The van der Waals surface area contributed by atoms with Crippen molar-refractivity contribution in [3.05, 3.63) is 23.3 Å². The molecule has 1 heterocycles. The van der Waals surface area contributed by atoms with Crippen LogP contribution in [0.25, 0.3) is 0 Å². The molecule has 0 bridgehead atoms. The second kappa shape index (κ2) is 5.41. The minimum Gasteiger partial charge on any atom is -0.370 e. The smallest absolute Gasteiger partial charge is 0.160 e. The summed E-state index contributed by atoms with van der Waals surface area (Å²) in [4.78, 5) is 9.39. The van der Waals surface area contributed by atoms with Gasteiger partial charge in [-0.1, -0.05) is 27.7 Å². The molecule has 20 heavy (non-hydrogen) atoms. The van der Waals surface area contributed by atoms with Gasteiger partial charge in [0.25, 0.3) is 0 Å². The Morgan fingerprint density at radius 1 is 1.40 bits per heavy atom. The molecule has 0 saturated heterocycles. The van der Waals surface area contributed by atoms with Gasteiger partial charge in [-0.2, -0.15) is 0 Å². The van der Waals surface area contributed by atoms with Gasteiger partial charge in [0.2, 0.25) is 0 Å². The van der Waals surface area contributed by atoms with Gasteiger partial charge in [0.15, 0.2) is 5.82 Å². The summed E-state index contributed by atoms with van der Waals surface area (Å²) in [5.74, 6) is 0.800. The van der Waals surface area contributed by atoms with E-state index in [9.17, 15) is 0 Å². The van der Waals surface area contributed by atoms with Crippen molar-refractivity contribution in [3.8, 4) is 0 Å². The molecule has 0 amide bonds. The zero-order chi connectivity index (χ0) is 15.0. The monoisotopic (exact) mass is 277 g/mol. The molecule has 0 radical (unpaired) electrons. The zero-order valence-electron chi connectivity index (χ0n) is 13.4. The summed E-state index contributed by atoms with van der Waals surface area (Å²) in [6.07, 6.45) is 5.59. The third-order valence-electron chi connectivity index (χ3n) is 4.66. The molecular weight excluding hydrogens is 250 g/mol. The highest BCUT2D eigenvalue weighted by Crippen LogP contribution is 2.39. The SMILES string of the molecule is CCC(CC)(OC)c1ncc2c(n1)CC(C)(C)CC2N. The van der Waals surface area contributed by atoms with Crippen LogP contribution in [0.5, 0.6) is 0 Å². The van der Waals surface area contributed by atoms with E-state index >= 15 is 0 Å². The van der Waals surface area contributed by atoms with Gasteiger partial charge in [-0.25, -0.2) is 9.97 Å². The third-order valence-corrected chi connectivity index (χ3v) is 4.66. The lowest BCUT2D eigenvalue weighted by atomic mass is 9.74. The van der Waals surface area contributed by atoms with Crippen LogP contribution in [0.3, 0.4) is 0 Å². The fourth-order valence-corrected chi connectivity index (χ4v) is 3.27. The van der Waals surface area contributed by atoms with Gasteiger partial charge in [0.1, 0.15) is 5.60 Å². The molecule has 0 aromatic carbocycles. The van der Waals surface area contributed by atoms with Crippen molar-refractivity contribution < 1.29 is 4.74 Å². The average Bonchev–Trinajstić information content (AvgIpc) is 2.39. The van der Waals surface area contributed by atoms with Gasteiger partial charge >= 0.3 is 0 Å². The quantitative estimate of drug-likeness (QED) is 0.918. The first kappa shape index (κ1) is 15.4. The molecule has 0 saturated carbocycles. The van der Waals surface area contributed by atoms with E-state index < -0.39 is 0 Å². The molecule has 4 nitrogen and oxygen atoms in total. The largest absolute Gasteiger partial charge is 0.370 e. The van der Waals surface area contributed by atoms with Crippen LogP contribution in [0.4, 0.5) is 0 Å². The second-order valence-electron chi connectivity index (χ2n) is 6.65. The molecule has 2 rings (SSSR count). The van der Waals surface area contributed by atoms with Crippen LogP contribution >= 0.6 is 0 Å². The Morgan fingerprint density at radius 2 is 2.05 bits per heavy atom. The van der Waals surface area contributed by atoms with Gasteiger partial charge < -0.3 is 10.5 Å². The molecule has 1 aliphatic rings. The third kappa shape index (κ3) is 2.59. The fourth-order valence-electron chi connectivity index (χ4n) is 3.27. The highest BCUT2D eigenvalue weighted by molar-refractivity contribution is 5.27. The highest BCUT2D eigenvalue weighted by atomic mass is 16.5. The summed E-state index contributed by atoms with van der Waals surface area (Å²) in [5, 5.41) is 0. The Bertz CT molecular complexity index is 472. The number of fused-ring (bicyclic) bond motifs is 1. The van der Waals surface area contributed by atoms with Crippen molar-refractivity contribution in [2.24, 2.45) is 11.1 Å². The first-order chi connectivity index (χ1) is 9.37. The van der Waals surface area contributed by atoms with E-state index in [2.05, 4.69) is 32.7 Å². The van der Waals surface area contributed by atoms with Gasteiger partial charge in [-0.15, -0.1) is 0 Å². The number of ether oxygens (including phenoxy) is 1. The maximum Gasteiger partial charge on any atom is 0.160 e. The zero-order valence-corrected chi connectivity index (χ0v) is 13.4. The van der Waals surface area contributed by atoms with Crippen molar-refractivity contribution in [2.45, 2.75) is 65.0 Å². The first-order valence-electron chi connectivity index (χ1n) is 7.54. The maximum absolute atomic E-state index is 6.27. The Hall–Kier alpha value is -1.00. The summed E-state index contributed by atoms with van der Waals surface area (Å²) in [5.41, 5.74) is 8.29. The lowest BCUT2D eigenvalue weighted by Crippen LogP contribution is -2.34. The maximum atomic E-state index is 6.27. The van der Waals surface area contributed by atoms with E-state index in [0.29, 0.717) is 0 Å². The van der Waals surface area contributed by atoms with Crippen LogP contribution in [0.2, 0.25) is 0 Å². The van der Waals surface area contributed by atoms with Crippen LogP contribution in [-0.2, 0) is 16.8 Å². The van der Waals surface area contributed by atoms with Crippen molar-refractivity contribution in [1.29, 1.82) is 0 Å². The van der Waals surface area contributed by atoms with Crippen molar-refractivity contribution >= 4 is 0 Å². The van der Waals surface area contributed by atoms with Crippen molar-refractivity contribution in [3.63, 3.8) is 0 Å². The Kier molecular flexibility index (Phi) is 4.17. The van der Waals surface area contributed by atoms with Crippen LogP contribution < -0.4 is 5.73 Å². The Balaban J connectivity index is 2.46. The lowest BCUT2D eigenvalue weighted by molar-refractivity contribution is -0.0295. The van der Waals surface area contributed by atoms with Crippen LogP contribution in [0.1, 0.15) is 70.1 Å². The molecule has 2 N–H and O–H groups in total. The van der Waals surface area contributed by atoms with Crippen LogP contribution in [0, 0.1) is 5.41 Å². The molecular formula is C16H27N3O. The molecule has 0 aliphatic heterocycles. The summed E-state index contributed by atoms with van der Waals surface area (Å²) in [6, 6.07) is 0.0444. The van der Waals surface area contributed by atoms with E-state index in [0.717, 1.165) is 42.8 Å². The molecule has 1 aliphatic carbocycles. The molecule has 1 unspecified atom stereocenters. The minimum atomic E-state index is -0.374. The van der Waals surface area contributed by atoms with Gasteiger partial charge in [0.05, 0.1) is 0 Å². The summed E-state index contributed by atoms with van der Waals surface area (Å²) in [7, 11) is 1.74. The highest BCUT2D eigenvalue weighted by Gasteiger charge is 2.35. The Labute approximate surface area is 122 Å². The number of nitrogens with two attached hydrogens (primary N) is 1. The molecule has 1 aromatic rings. The number of hydrogen-bond acceptors (Lipinski definition) is 4. The molecule has 1 atom stereocenters. The predicted molar refractivity (Wildman–Crippen MR) is 80.3 cm³/mol. The van der Waals surface area contributed by atoms with Crippen molar-refractivity contribution in [1.82, 2.24) is 9.97 Å². The standard InChI is InChI=1S/C16H27N3O/c1-6-16(7-2,20-5)14-18-10-11-12(17)8-15(3,4)9-13(11)19-14/h10,12H,6-9,17H2,1-5H3. The van der Waals surface area contributed by atoms with Gasteiger partial charge in [-0.3, -0.25) is 0 Å². The van der Waals surface area contributed by atoms with Gasteiger partial charge in [-0.05, 0) is 31.1 Å². The minimum absolute atomic E-state index is 0.0444. The number of methoxy groups -OCH3 is 1. The fraction of sp³-hybridized carbons (Fsp3) is 0.750. The molecule has 4 heteroatoms. The topological polar surface area (TPSA) is 61.0 Å². The summed E-state index contributed by atoms with van der Waals surface area (Å²) >= 11 is 0.